The summed E-state index contributed by atoms with van der Waals surface area (Å²) >= 11 is 0. The number of anilines is 1. The molecule has 2 bridgehead atoms. The summed E-state index contributed by atoms with van der Waals surface area (Å²) in [5, 5.41) is 19.3. The lowest BCUT2D eigenvalue weighted by Crippen LogP contribution is -2.44. The minimum atomic E-state index is -1.16. The Labute approximate surface area is 102 Å². The molecule has 1 aromatic rings. The Morgan fingerprint density at radius 2 is 2.44 bits per heavy atom. The monoisotopic (exact) mass is 255 g/mol. The van der Waals surface area contributed by atoms with Crippen LogP contribution in [0.15, 0.2) is 17.1 Å². The van der Waals surface area contributed by atoms with Gasteiger partial charge in [-0.2, -0.15) is 4.98 Å². The van der Waals surface area contributed by atoms with Crippen molar-refractivity contribution in [3.63, 3.8) is 0 Å². The summed E-state index contributed by atoms with van der Waals surface area (Å²) in [5.74, 6) is 0.109. The third-order valence-corrected chi connectivity index (χ3v) is 3.40. The number of nitrogen functional groups attached to an aromatic ring is 1. The molecule has 0 amide bonds. The summed E-state index contributed by atoms with van der Waals surface area (Å²) in [6.07, 6.45) is -1.05. The van der Waals surface area contributed by atoms with Gasteiger partial charge in [0.2, 0.25) is 0 Å². The van der Waals surface area contributed by atoms with E-state index in [1.54, 1.807) is 0 Å². The second-order valence-corrected chi connectivity index (χ2v) is 4.49. The maximum absolute atomic E-state index is 11.7. The van der Waals surface area contributed by atoms with Gasteiger partial charge in [-0.3, -0.25) is 4.57 Å². The van der Waals surface area contributed by atoms with Crippen LogP contribution >= 0.6 is 0 Å². The Balaban J connectivity index is 1.98. The van der Waals surface area contributed by atoms with Gasteiger partial charge in [-0.05, 0) is 6.07 Å². The molecule has 4 atom stereocenters. The lowest BCUT2D eigenvalue weighted by atomic mass is 10.0. The van der Waals surface area contributed by atoms with Crippen molar-refractivity contribution in [3.8, 4) is 0 Å². The molecule has 0 aliphatic carbocycles. The van der Waals surface area contributed by atoms with Gasteiger partial charge in [-0.15, -0.1) is 0 Å². The Hall–Kier alpha value is -1.48. The normalized spacial score (nSPS) is 38.2. The molecule has 2 aliphatic heterocycles. The smallest absolute Gasteiger partial charge is 0.351 e. The SMILES string of the molecule is Nc1ccn([C@@H]2O[C@@]3(CO)CO[C@@H]2[C@@H]3O)c(=O)n1. The molecule has 4 N–H and O–H groups in total. The number of nitrogens with zero attached hydrogens (tertiary/aromatic N) is 2. The van der Waals surface area contributed by atoms with Crippen molar-refractivity contribution in [2.45, 2.75) is 24.0 Å². The highest BCUT2D eigenvalue weighted by molar-refractivity contribution is 5.24. The van der Waals surface area contributed by atoms with Crippen LogP contribution in [0.1, 0.15) is 6.23 Å². The highest BCUT2D eigenvalue weighted by Gasteiger charge is 2.61. The van der Waals surface area contributed by atoms with Gasteiger partial charge in [0.25, 0.3) is 0 Å². The molecular weight excluding hydrogens is 242 g/mol. The molecule has 2 fully saturated rings. The molecule has 1 aromatic heterocycles. The average Bonchev–Trinajstić information content (AvgIpc) is 2.81. The molecule has 0 aromatic carbocycles. The van der Waals surface area contributed by atoms with Gasteiger partial charge in [0.15, 0.2) is 6.23 Å². The third-order valence-electron chi connectivity index (χ3n) is 3.40. The van der Waals surface area contributed by atoms with E-state index in [1.807, 2.05) is 0 Å². The number of hydrogen-bond donors (Lipinski definition) is 3. The van der Waals surface area contributed by atoms with E-state index in [9.17, 15) is 15.0 Å². The van der Waals surface area contributed by atoms with Crippen molar-refractivity contribution in [2.75, 3.05) is 18.9 Å². The van der Waals surface area contributed by atoms with E-state index in [1.165, 1.54) is 16.8 Å². The summed E-state index contributed by atoms with van der Waals surface area (Å²) in [4.78, 5) is 15.3. The maximum atomic E-state index is 11.7. The van der Waals surface area contributed by atoms with Crippen LogP contribution in [0.25, 0.3) is 0 Å². The molecule has 98 valence electrons. The molecule has 18 heavy (non-hydrogen) atoms. The van der Waals surface area contributed by atoms with Crippen LogP contribution in [0, 0.1) is 0 Å². The zero-order valence-corrected chi connectivity index (χ0v) is 9.39. The molecule has 0 spiro atoms. The molecule has 0 unspecified atom stereocenters. The first-order chi connectivity index (χ1) is 8.57. The fraction of sp³-hybridized carbons (Fsp3) is 0.600. The molecule has 3 heterocycles. The number of aromatic nitrogens is 2. The van der Waals surface area contributed by atoms with Crippen LogP contribution in [0.4, 0.5) is 5.82 Å². The molecule has 2 saturated heterocycles. The van der Waals surface area contributed by atoms with Gasteiger partial charge in [0, 0.05) is 6.20 Å². The molecule has 8 heteroatoms. The van der Waals surface area contributed by atoms with E-state index in [-0.39, 0.29) is 19.0 Å². The minimum Gasteiger partial charge on any atom is -0.393 e. The number of fused-ring (bicyclic) bond motifs is 2. The second kappa shape index (κ2) is 3.75. The Morgan fingerprint density at radius 3 is 3.06 bits per heavy atom. The van der Waals surface area contributed by atoms with E-state index in [0.717, 1.165) is 0 Å². The van der Waals surface area contributed by atoms with E-state index >= 15 is 0 Å². The highest BCUT2D eigenvalue weighted by Crippen LogP contribution is 2.44. The van der Waals surface area contributed by atoms with E-state index in [2.05, 4.69) is 4.98 Å². The first-order valence-corrected chi connectivity index (χ1v) is 5.50. The molecule has 0 radical (unpaired) electrons. The molecular formula is C10H13N3O5. The lowest BCUT2D eigenvalue weighted by molar-refractivity contribution is -0.187. The van der Waals surface area contributed by atoms with Crippen molar-refractivity contribution in [1.29, 1.82) is 0 Å². The van der Waals surface area contributed by atoms with Gasteiger partial charge in [0.05, 0.1) is 13.2 Å². The Morgan fingerprint density at radius 1 is 1.67 bits per heavy atom. The lowest BCUT2D eigenvalue weighted by Gasteiger charge is -2.29. The first kappa shape index (κ1) is 11.6. The van der Waals surface area contributed by atoms with Gasteiger partial charge in [-0.25, -0.2) is 4.79 Å². The Kier molecular flexibility index (Phi) is 2.42. The van der Waals surface area contributed by atoms with E-state index in [0.29, 0.717) is 0 Å². The summed E-state index contributed by atoms with van der Waals surface area (Å²) in [6.45, 7) is -0.276. The number of rotatable bonds is 2. The van der Waals surface area contributed by atoms with Crippen molar-refractivity contribution >= 4 is 5.82 Å². The van der Waals surface area contributed by atoms with Crippen LogP contribution in [-0.4, -0.2) is 50.8 Å². The quantitative estimate of drug-likeness (QED) is 0.550. The second-order valence-electron chi connectivity index (χ2n) is 4.49. The molecule has 0 saturated carbocycles. The number of aliphatic hydroxyl groups is 2. The molecule has 2 aliphatic rings. The van der Waals surface area contributed by atoms with Gasteiger partial charge in [-0.1, -0.05) is 0 Å². The van der Waals surface area contributed by atoms with Crippen molar-refractivity contribution in [3.05, 3.63) is 22.7 Å². The fourth-order valence-corrected chi connectivity index (χ4v) is 2.37. The van der Waals surface area contributed by atoms with E-state index < -0.39 is 29.7 Å². The van der Waals surface area contributed by atoms with Crippen LogP contribution in [-0.2, 0) is 9.47 Å². The van der Waals surface area contributed by atoms with Crippen LogP contribution in [0.2, 0.25) is 0 Å². The number of hydrogen-bond acceptors (Lipinski definition) is 7. The topological polar surface area (TPSA) is 120 Å². The standard InChI is InChI=1S/C10H13N3O5/c11-5-1-2-13(9(16)12-5)8-6-7(15)10(3-14,18-8)4-17-6/h1-2,6-8,14-15H,3-4H2,(H2,11,12,16)/t6-,7+,8-,10+/m1/s1. The number of ether oxygens (including phenoxy) is 2. The van der Waals surface area contributed by atoms with Gasteiger partial charge < -0.3 is 25.4 Å². The summed E-state index contributed by atoms with van der Waals surface area (Å²) in [5.41, 5.74) is 3.65. The zero-order valence-electron chi connectivity index (χ0n) is 9.39. The van der Waals surface area contributed by atoms with Gasteiger partial charge in [0.1, 0.15) is 23.6 Å². The van der Waals surface area contributed by atoms with Crippen LogP contribution in [0.5, 0.6) is 0 Å². The number of nitrogens with two attached hydrogens (primary N) is 1. The van der Waals surface area contributed by atoms with Crippen molar-refractivity contribution < 1.29 is 19.7 Å². The minimum absolute atomic E-state index is 0.100. The molecule has 3 rings (SSSR count). The largest absolute Gasteiger partial charge is 0.393 e. The predicted octanol–water partition coefficient (Wildman–Crippen LogP) is -2.15. The third kappa shape index (κ3) is 1.40. The summed E-state index contributed by atoms with van der Waals surface area (Å²) < 4.78 is 12.1. The van der Waals surface area contributed by atoms with E-state index in [4.69, 9.17) is 15.2 Å². The zero-order chi connectivity index (χ0) is 12.9. The summed E-state index contributed by atoms with van der Waals surface area (Å²) in [7, 11) is 0. The highest BCUT2D eigenvalue weighted by atomic mass is 16.7. The van der Waals surface area contributed by atoms with Crippen molar-refractivity contribution in [2.24, 2.45) is 0 Å². The van der Waals surface area contributed by atoms with Crippen LogP contribution in [0.3, 0.4) is 0 Å². The summed E-state index contributed by atoms with van der Waals surface area (Å²) in [6, 6.07) is 1.45. The predicted molar refractivity (Wildman–Crippen MR) is 58.6 cm³/mol. The Bertz CT molecular complexity index is 532. The molecule has 8 nitrogen and oxygen atoms in total. The number of aliphatic hydroxyl groups excluding tert-OH is 2. The first-order valence-electron chi connectivity index (χ1n) is 5.50. The van der Waals surface area contributed by atoms with Gasteiger partial charge >= 0.3 is 5.69 Å². The van der Waals surface area contributed by atoms with Crippen molar-refractivity contribution in [1.82, 2.24) is 9.55 Å². The van der Waals surface area contributed by atoms with Crippen LogP contribution < -0.4 is 11.4 Å². The average molecular weight is 255 g/mol. The fourth-order valence-electron chi connectivity index (χ4n) is 2.37. The maximum Gasteiger partial charge on any atom is 0.351 e.